The minimum atomic E-state index is -1.56. The molecule has 22 heavy (non-hydrogen) atoms. The van der Waals surface area contributed by atoms with Crippen LogP contribution in [0.3, 0.4) is 0 Å². The number of nitrogens with zero attached hydrogens (tertiary/aromatic N) is 1. The highest BCUT2D eigenvalue weighted by atomic mass is 19.1. The van der Waals surface area contributed by atoms with Crippen molar-refractivity contribution >= 4 is 12.1 Å². The first-order valence-electron chi connectivity index (χ1n) is 7.97. The van der Waals surface area contributed by atoms with Crippen molar-refractivity contribution in [1.29, 1.82) is 0 Å². The van der Waals surface area contributed by atoms with Crippen LogP contribution in [0.5, 0.6) is 0 Å². The minimum absolute atomic E-state index is 0.0340. The average molecular weight is 317 g/mol. The van der Waals surface area contributed by atoms with E-state index >= 15 is 0 Å². The summed E-state index contributed by atoms with van der Waals surface area (Å²) in [5.41, 5.74) is -2.26. The molecule has 1 saturated heterocycles. The van der Waals surface area contributed by atoms with Gasteiger partial charge in [-0.3, -0.25) is 4.90 Å². The summed E-state index contributed by atoms with van der Waals surface area (Å²) in [6.07, 6.45) is 1.19. The summed E-state index contributed by atoms with van der Waals surface area (Å²) in [5.74, 6) is -0.549. The van der Waals surface area contributed by atoms with Gasteiger partial charge in [-0.1, -0.05) is 20.3 Å². The Balaban J connectivity index is 2.81. The number of carbonyl (C=O) groups excluding carboxylic acids is 2. The number of rotatable bonds is 5. The second kappa shape index (κ2) is 7.29. The van der Waals surface area contributed by atoms with Gasteiger partial charge in [-0.25, -0.2) is 14.0 Å². The zero-order chi connectivity index (χ0) is 17.0. The number of likely N-dealkylation sites (tertiary alicyclic amines) is 1. The van der Waals surface area contributed by atoms with Crippen LogP contribution in [0.4, 0.5) is 9.18 Å². The molecule has 0 aliphatic carbocycles. The Bertz CT molecular complexity index is 407. The predicted octanol–water partition coefficient (Wildman–Crippen LogP) is 3.46. The Kier molecular flexibility index (Phi) is 6.20. The minimum Gasteiger partial charge on any atom is -0.464 e. The van der Waals surface area contributed by atoms with E-state index in [1.54, 1.807) is 27.7 Å². The smallest absolute Gasteiger partial charge is 0.411 e. The van der Waals surface area contributed by atoms with E-state index in [9.17, 15) is 14.0 Å². The van der Waals surface area contributed by atoms with Crippen molar-refractivity contribution < 1.29 is 23.5 Å². The molecule has 0 aromatic rings. The van der Waals surface area contributed by atoms with Crippen molar-refractivity contribution in [1.82, 2.24) is 4.90 Å². The van der Waals surface area contributed by atoms with Crippen LogP contribution in [0.25, 0.3) is 0 Å². The summed E-state index contributed by atoms with van der Waals surface area (Å²) in [5, 5.41) is 0. The largest absolute Gasteiger partial charge is 0.464 e. The maximum atomic E-state index is 14.6. The summed E-state index contributed by atoms with van der Waals surface area (Å²) in [7, 11) is 0. The molecule has 1 aliphatic heterocycles. The van der Waals surface area contributed by atoms with Crippen LogP contribution in [0.2, 0.25) is 0 Å². The molecule has 0 N–H and O–H groups in total. The Morgan fingerprint density at radius 3 is 2.45 bits per heavy atom. The lowest BCUT2D eigenvalue weighted by atomic mass is 9.99. The van der Waals surface area contributed by atoms with Crippen molar-refractivity contribution in [3.8, 4) is 0 Å². The highest BCUT2D eigenvalue weighted by Crippen LogP contribution is 2.35. The molecule has 0 unspecified atom stereocenters. The molecule has 0 aromatic heterocycles. The van der Waals surface area contributed by atoms with Gasteiger partial charge in [0.15, 0.2) is 0 Å². The number of halogens is 1. The average Bonchev–Trinajstić information content (AvgIpc) is 2.76. The van der Waals surface area contributed by atoms with Gasteiger partial charge in [-0.15, -0.1) is 0 Å². The van der Waals surface area contributed by atoms with Gasteiger partial charge in [0.1, 0.15) is 17.3 Å². The fourth-order valence-corrected chi connectivity index (χ4v) is 2.33. The molecule has 1 heterocycles. The van der Waals surface area contributed by atoms with Crippen molar-refractivity contribution in [2.45, 2.75) is 77.6 Å². The number of hydrogen-bond acceptors (Lipinski definition) is 4. The summed E-state index contributed by atoms with van der Waals surface area (Å²) >= 11 is 0. The Labute approximate surface area is 132 Å². The van der Waals surface area contributed by atoms with Gasteiger partial charge in [-0.2, -0.15) is 0 Å². The van der Waals surface area contributed by atoms with E-state index in [2.05, 4.69) is 0 Å². The standard InChI is InChI=1S/C16H28FNO4/c1-6-8-9-21-13(19)12-10-16(17,7-2)11-18(12)14(20)22-15(3,4)5/h12H,6-11H2,1-5H3/t12-,16+/m0/s1. The molecule has 1 amide bonds. The van der Waals surface area contributed by atoms with Gasteiger partial charge < -0.3 is 9.47 Å². The molecular weight excluding hydrogens is 289 g/mol. The fraction of sp³-hybridized carbons (Fsp3) is 0.875. The summed E-state index contributed by atoms with van der Waals surface area (Å²) in [6.45, 7) is 9.05. The molecule has 0 saturated carbocycles. The molecule has 0 bridgehead atoms. The first kappa shape index (κ1) is 18.7. The number of ether oxygens (including phenoxy) is 2. The Hall–Kier alpha value is -1.33. The maximum Gasteiger partial charge on any atom is 0.411 e. The van der Waals surface area contributed by atoms with E-state index in [1.165, 1.54) is 4.90 Å². The highest BCUT2D eigenvalue weighted by molar-refractivity contribution is 5.82. The van der Waals surface area contributed by atoms with Gasteiger partial charge in [0.05, 0.1) is 13.2 Å². The van der Waals surface area contributed by atoms with Crippen molar-refractivity contribution in [3.63, 3.8) is 0 Å². The van der Waals surface area contributed by atoms with E-state index in [0.29, 0.717) is 6.61 Å². The fourth-order valence-electron chi connectivity index (χ4n) is 2.33. The van der Waals surface area contributed by atoms with Crippen molar-refractivity contribution in [2.75, 3.05) is 13.2 Å². The maximum absolute atomic E-state index is 14.6. The molecule has 128 valence electrons. The van der Waals surface area contributed by atoms with Crippen LogP contribution in [0.15, 0.2) is 0 Å². The van der Waals surface area contributed by atoms with Crippen LogP contribution in [0, 0.1) is 0 Å². The van der Waals surface area contributed by atoms with E-state index in [4.69, 9.17) is 9.47 Å². The molecule has 1 fully saturated rings. The zero-order valence-electron chi connectivity index (χ0n) is 14.3. The molecule has 0 spiro atoms. The second-order valence-electron chi connectivity index (χ2n) is 6.85. The lowest BCUT2D eigenvalue weighted by Crippen LogP contribution is -2.44. The molecule has 2 atom stereocenters. The molecular formula is C16H28FNO4. The van der Waals surface area contributed by atoms with Gasteiger partial charge in [-0.05, 0) is 33.6 Å². The SMILES string of the molecule is CCCCOC(=O)[C@@H]1C[C@](F)(CC)CN1C(=O)OC(C)(C)C. The first-order valence-corrected chi connectivity index (χ1v) is 7.97. The normalized spacial score (nSPS) is 25.2. The van der Waals surface area contributed by atoms with Crippen LogP contribution in [0.1, 0.15) is 60.3 Å². The number of alkyl halides is 1. The number of unbranched alkanes of at least 4 members (excludes halogenated alkanes) is 1. The number of hydrogen-bond donors (Lipinski definition) is 0. The van der Waals surface area contributed by atoms with E-state index in [1.807, 2.05) is 6.92 Å². The van der Waals surface area contributed by atoms with Gasteiger partial charge >= 0.3 is 12.1 Å². The van der Waals surface area contributed by atoms with E-state index < -0.39 is 29.4 Å². The number of amides is 1. The quantitative estimate of drug-likeness (QED) is 0.575. The van der Waals surface area contributed by atoms with Gasteiger partial charge in [0.25, 0.3) is 0 Å². The van der Waals surface area contributed by atoms with E-state index in [0.717, 1.165) is 12.8 Å². The third kappa shape index (κ3) is 5.14. The predicted molar refractivity (Wildman–Crippen MR) is 81.3 cm³/mol. The highest BCUT2D eigenvalue weighted by Gasteiger charge is 2.50. The lowest BCUT2D eigenvalue weighted by molar-refractivity contribution is -0.149. The summed E-state index contributed by atoms with van der Waals surface area (Å²) in [6, 6.07) is -0.906. The molecule has 1 rings (SSSR count). The lowest BCUT2D eigenvalue weighted by Gasteiger charge is -2.27. The molecule has 6 heteroatoms. The summed E-state index contributed by atoms with van der Waals surface area (Å²) in [4.78, 5) is 25.6. The molecule has 0 radical (unpaired) electrons. The van der Waals surface area contributed by atoms with E-state index in [-0.39, 0.29) is 19.4 Å². The topological polar surface area (TPSA) is 55.8 Å². The van der Waals surface area contributed by atoms with Crippen molar-refractivity contribution in [2.24, 2.45) is 0 Å². The molecule has 1 aliphatic rings. The van der Waals surface area contributed by atoms with Gasteiger partial charge in [0, 0.05) is 6.42 Å². The Morgan fingerprint density at radius 2 is 1.95 bits per heavy atom. The number of esters is 1. The molecule has 0 aromatic carbocycles. The number of carbonyl (C=O) groups is 2. The van der Waals surface area contributed by atoms with Crippen LogP contribution in [-0.4, -0.2) is 47.4 Å². The van der Waals surface area contributed by atoms with Crippen molar-refractivity contribution in [3.05, 3.63) is 0 Å². The monoisotopic (exact) mass is 317 g/mol. The molecule has 5 nitrogen and oxygen atoms in total. The first-order chi connectivity index (χ1) is 10.1. The second-order valence-corrected chi connectivity index (χ2v) is 6.85. The van der Waals surface area contributed by atoms with Crippen LogP contribution >= 0.6 is 0 Å². The Morgan fingerprint density at radius 1 is 1.32 bits per heavy atom. The summed E-state index contributed by atoms with van der Waals surface area (Å²) < 4.78 is 25.1. The van der Waals surface area contributed by atoms with Crippen LogP contribution in [-0.2, 0) is 14.3 Å². The zero-order valence-corrected chi connectivity index (χ0v) is 14.3. The third-order valence-corrected chi connectivity index (χ3v) is 3.67. The third-order valence-electron chi connectivity index (χ3n) is 3.67. The van der Waals surface area contributed by atoms with Crippen LogP contribution < -0.4 is 0 Å². The van der Waals surface area contributed by atoms with Gasteiger partial charge in [0.2, 0.25) is 0 Å².